The van der Waals surface area contributed by atoms with Crippen LogP contribution in [0.5, 0.6) is 0 Å². The number of hydrogen-bond acceptors (Lipinski definition) is 9. The van der Waals surface area contributed by atoms with Crippen LogP contribution in [0.2, 0.25) is 0 Å². The summed E-state index contributed by atoms with van der Waals surface area (Å²) in [6, 6.07) is 9.35. The maximum Gasteiger partial charge on any atom is 0.472 e. The lowest BCUT2D eigenvalue weighted by atomic mass is 9.93. The minimum absolute atomic E-state index is 0.0398. The summed E-state index contributed by atoms with van der Waals surface area (Å²) in [4.78, 5) is 17.2. The Morgan fingerprint density at radius 1 is 0.964 bits per heavy atom. The first-order valence-corrected chi connectivity index (χ1v) is 21.6. The minimum atomic E-state index is -4.70. The van der Waals surface area contributed by atoms with E-state index >= 15 is 0 Å². The maximum absolute atomic E-state index is 14.3. The number of amidine groups is 1. The second kappa shape index (κ2) is 25.7. The van der Waals surface area contributed by atoms with Crippen LogP contribution >= 0.6 is 7.82 Å². The molecule has 2 heterocycles. The van der Waals surface area contributed by atoms with E-state index in [9.17, 15) is 24.1 Å². The predicted molar refractivity (Wildman–Crippen MR) is 212 cm³/mol. The van der Waals surface area contributed by atoms with Crippen molar-refractivity contribution in [3.8, 4) is 0 Å². The van der Waals surface area contributed by atoms with Crippen LogP contribution in [-0.4, -0.2) is 83.1 Å². The van der Waals surface area contributed by atoms with Crippen LogP contribution in [0, 0.1) is 11.2 Å². The number of H-pyrrole nitrogens is 1. The molecule has 6 atom stereocenters. The molecule has 0 saturated carbocycles. The molecule has 0 amide bonds. The quantitative estimate of drug-likeness (QED) is 0.0189. The second-order valence-corrected chi connectivity index (χ2v) is 16.0. The summed E-state index contributed by atoms with van der Waals surface area (Å²) in [6.45, 7) is 3.25. The molecule has 1 aromatic heterocycles. The van der Waals surface area contributed by atoms with Gasteiger partial charge < -0.3 is 40.0 Å². The third-order valence-corrected chi connectivity index (χ3v) is 11.0. The van der Waals surface area contributed by atoms with Crippen molar-refractivity contribution in [3.05, 3.63) is 59.2 Å². The maximum atomic E-state index is 14.3. The van der Waals surface area contributed by atoms with E-state index in [2.05, 4.69) is 16.9 Å². The highest BCUT2D eigenvalue weighted by Crippen LogP contribution is 2.46. The number of ether oxygens (including phenoxy) is 3. The molecule has 15 heteroatoms. The molecule has 312 valence electrons. The molecule has 0 aliphatic carbocycles. The number of aliphatic imine (C=N–C) groups is 1. The van der Waals surface area contributed by atoms with Crippen molar-refractivity contribution in [3.63, 3.8) is 0 Å². The van der Waals surface area contributed by atoms with E-state index in [1.54, 1.807) is 30.3 Å². The van der Waals surface area contributed by atoms with E-state index < -0.39 is 50.3 Å². The lowest BCUT2D eigenvalue weighted by Crippen LogP contribution is -2.39. The first-order chi connectivity index (χ1) is 26.5. The Balaban J connectivity index is 1.37. The van der Waals surface area contributed by atoms with Gasteiger partial charge in [-0.05, 0) is 31.5 Å². The van der Waals surface area contributed by atoms with Gasteiger partial charge in [-0.25, -0.2) is 13.9 Å². The van der Waals surface area contributed by atoms with Gasteiger partial charge in [0, 0.05) is 12.2 Å². The van der Waals surface area contributed by atoms with Crippen LogP contribution in [0.1, 0.15) is 134 Å². The van der Waals surface area contributed by atoms with Crippen LogP contribution < -0.4 is 5.73 Å². The number of rotatable bonds is 31. The molecule has 3 rings (SSSR count). The number of halogens is 1. The number of benzene rings is 1. The van der Waals surface area contributed by atoms with Gasteiger partial charge in [-0.1, -0.05) is 121 Å². The highest BCUT2D eigenvalue weighted by atomic mass is 31.2. The minimum Gasteiger partial charge on any atom is -0.387 e. The van der Waals surface area contributed by atoms with Crippen LogP contribution in [0.3, 0.4) is 0 Å². The number of nitrogens with one attached hydrogen (secondary N) is 2. The van der Waals surface area contributed by atoms with E-state index in [0.29, 0.717) is 23.6 Å². The number of phosphoric acid groups is 1. The Hall–Kier alpha value is -2.52. The molecule has 2 aromatic rings. The van der Waals surface area contributed by atoms with Gasteiger partial charge in [-0.15, -0.1) is 0 Å². The summed E-state index contributed by atoms with van der Waals surface area (Å²) in [7, 11) is -4.70. The van der Waals surface area contributed by atoms with Gasteiger partial charge >= 0.3 is 7.82 Å². The molecule has 1 aliphatic rings. The fourth-order valence-electron chi connectivity index (χ4n) is 6.63. The molecule has 13 nitrogen and oxygen atoms in total. The fraction of sp³-hybridized carbons (Fsp3) is 0.700. The zero-order valence-electron chi connectivity index (χ0n) is 32.8. The molecule has 0 radical (unpaired) electrons. The molecule has 0 spiro atoms. The molecule has 1 saturated heterocycles. The molecule has 7 N–H and O–H groups in total. The van der Waals surface area contributed by atoms with Crippen LogP contribution in [0.15, 0.2) is 41.4 Å². The third kappa shape index (κ3) is 16.9. The number of aliphatic hydroxyl groups excluding tert-OH is 2. The van der Waals surface area contributed by atoms with Crippen molar-refractivity contribution in [2.45, 2.75) is 153 Å². The number of aromatic amines is 1. The van der Waals surface area contributed by atoms with Gasteiger partial charge in [-0.2, -0.15) is 0 Å². The van der Waals surface area contributed by atoms with E-state index in [1.165, 1.54) is 96.5 Å². The van der Waals surface area contributed by atoms with Crippen molar-refractivity contribution >= 4 is 20.0 Å². The SMILES string of the molecule is CCCCCCCCCCCCCCCCCCOC[C@H](COP(=O)(O)OCC1O[C@@](C)(c2ccc(/C(N)=N\C=N)[nH]2)[C@H](O)[C@@H]1O)OCc1ccccc1F. The second-order valence-electron chi connectivity index (χ2n) is 14.6. The van der Waals surface area contributed by atoms with Crippen molar-refractivity contribution < 1.29 is 47.3 Å². The fourth-order valence-corrected chi connectivity index (χ4v) is 7.39. The van der Waals surface area contributed by atoms with Crippen LogP contribution in [0.4, 0.5) is 4.39 Å². The van der Waals surface area contributed by atoms with Gasteiger partial charge in [0.1, 0.15) is 48.0 Å². The van der Waals surface area contributed by atoms with Crippen molar-refractivity contribution in [1.82, 2.24) is 4.98 Å². The van der Waals surface area contributed by atoms with E-state index in [-0.39, 0.29) is 25.7 Å². The van der Waals surface area contributed by atoms with Gasteiger partial charge in [-0.3, -0.25) is 14.5 Å². The molecule has 55 heavy (non-hydrogen) atoms. The molecular weight excluding hydrogens is 730 g/mol. The Morgan fingerprint density at radius 2 is 1.56 bits per heavy atom. The average molecular weight is 797 g/mol. The zero-order chi connectivity index (χ0) is 39.9. The lowest BCUT2D eigenvalue weighted by molar-refractivity contribution is -0.0891. The Morgan fingerprint density at radius 3 is 2.16 bits per heavy atom. The van der Waals surface area contributed by atoms with E-state index in [4.69, 9.17) is 34.4 Å². The Bertz CT molecular complexity index is 1450. The molecule has 1 fully saturated rings. The monoisotopic (exact) mass is 796 g/mol. The molecule has 2 unspecified atom stereocenters. The summed E-state index contributed by atoms with van der Waals surface area (Å²) in [5.74, 6) is -0.395. The number of hydrogen-bond donors (Lipinski definition) is 6. The predicted octanol–water partition coefficient (Wildman–Crippen LogP) is 7.80. The first-order valence-electron chi connectivity index (χ1n) is 20.1. The number of phosphoric ester groups is 1. The summed E-state index contributed by atoms with van der Waals surface area (Å²) in [5.41, 5.74) is 5.43. The highest BCUT2D eigenvalue weighted by molar-refractivity contribution is 7.47. The number of nitrogens with zero attached hydrogens (tertiary/aromatic N) is 1. The summed E-state index contributed by atoms with van der Waals surface area (Å²) < 4.78 is 55.2. The number of nitrogens with two attached hydrogens (primary N) is 1. The number of aromatic nitrogens is 1. The summed E-state index contributed by atoms with van der Waals surface area (Å²) in [6.07, 6.45) is 16.2. The van der Waals surface area contributed by atoms with Crippen molar-refractivity contribution in [2.24, 2.45) is 10.7 Å². The average Bonchev–Trinajstić information content (AvgIpc) is 3.76. The number of aliphatic hydroxyl groups is 2. The zero-order valence-corrected chi connectivity index (χ0v) is 33.7. The normalized spacial score (nSPS) is 21.9. The highest BCUT2D eigenvalue weighted by Gasteiger charge is 2.53. The number of unbranched alkanes of at least 4 members (excludes halogenated alkanes) is 15. The molecule has 1 aliphatic heterocycles. The Labute approximate surface area is 326 Å². The molecular formula is C40H66FN4O9P. The van der Waals surface area contributed by atoms with E-state index in [1.807, 2.05) is 0 Å². The van der Waals surface area contributed by atoms with Crippen LogP contribution in [-0.2, 0) is 40.0 Å². The van der Waals surface area contributed by atoms with Gasteiger partial charge in [0.15, 0.2) is 0 Å². The Kier molecular flexibility index (Phi) is 21.9. The standard InChI is InChI=1S/C40H66FN4O9P/c1-3-4-5-6-7-8-9-10-11-12-13-14-15-16-17-20-25-50-27-32(51-26-31-21-18-19-22-33(31)41)28-52-55(48,49)53-29-35-37(46)38(47)40(2,54-35)36-24-23-34(45-36)39(43)44-30-42/h18-19,21-24,30,32,35,37-38,45-47H,3-17,20,25-29H2,1-2H3,(H,48,49)(H3,42,43,44)/t32-,35?,37-,38-,40+/m1/s1. The largest absolute Gasteiger partial charge is 0.472 e. The topological polar surface area (TPSA) is 202 Å². The van der Waals surface area contributed by atoms with Crippen molar-refractivity contribution in [1.29, 1.82) is 5.41 Å². The first kappa shape index (κ1) is 46.9. The molecule has 0 bridgehead atoms. The lowest BCUT2D eigenvalue weighted by Gasteiger charge is -2.26. The van der Waals surface area contributed by atoms with Crippen LogP contribution in [0.25, 0.3) is 0 Å². The molecule has 1 aromatic carbocycles. The van der Waals surface area contributed by atoms with E-state index in [0.717, 1.165) is 25.6 Å². The summed E-state index contributed by atoms with van der Waals surface area (Å²) >= 11 is 0. The smallest absolute Gasteiger partial charge is 0.387 e. The summed E-state index contributed by atoms with van der Waals surface area (Å²) in [5, 5.41) is 28.7. The van der Waals surface area contributed by atoms with Gasteiger partial charge in [0.05, 0.1) is 37.8 Å². The third-order valence-electron chi connectivity index (χ3n) is 10.1. The van der Waals surface area contributed by atoms with Gasteiger partial charge in [0.2, 0.25) is 0 Å². The van der Waals surface area contributed by atoms with Gasteiger partial charge in [0.25, 0.3) is 0 Å². The van der Waals surface area contributed by atoms with Crippen molar-refractivity contribution in [2.75, 3.05) is 26.4 Å².